The van der Waals surface area contributed by atoms with Gasteiger partial charge in [-0.25, -0.2) is 4.79 Å². The minimum atomic E-state index is -1.58. The van der Waals surface area contributed by atoms with Gasteiger partial charge in [-0.3, -0.25) is 9.59 Å². The average Bonchev–Trinajstić information content (AvgIpc) is 2.67. The first-order valence-corrected chi connectivity index (χ1v) is 7.60. The topological polar surface area (TPSA) is 88.4 Å². The summed E-state index contributed by atoms with van der Waals surface area (Å²) in [5.74, 6) is -3.13. The number of aliphatic carboxylic acids is 1. The summed E-state index contributed by atoms with van der Waals surface area (Å²) < 4.78 is 1.39. The number of rotatable bonds is 4. The fourth-order valence-electron chi connectivity index (χ4n) is 2.55. The Morgan fingerprint density at radius 2 is 1.62 bits per heavy atom. The second kappa shape index (κ2) is 6.67. The highest BCUT2D eigenvalue weighted by atomic mass is 35.5. The van der Waals surface area contributed by atoms with E-state index < -0.39 is 17.7 Å². The van der Waals surface area contributed by atoms with E-state index in [-0.39, 0.29) is 11.3 Å². The number of carboxylic acids is 1. The monoisotopic (exact) mass is 368 g/mol. The van der Waals surface area contributed by atoms with Crippen LogP contribution in [0.3, 0.4) is 0 Å². The molecule has 0 fully saturated rings. The van der Waals surface area contributed by atoms with Crippen molar-refractivity contribution in [1.82, 2.24) is 4.57 Å². The maximum absolute atomic E-state index is 12.6. The van der Waals surface area contributed by atoms with Crippen molar-refractivity contribution < 1.29 is 19.5 Å². The Morgan fingerprint density at radius 3 is 2.12 bits per heavy atom. The molecular weight excluding hydrogens is 355 g/mol. The van der Waals surface area contributed by atoms with Crippen molar-refractivity contribution in [2.75, 3.05) is 5.32 Å². The van der Waals surface area contributed by atoms with E-state index in [1.54, 1.807) is 6.92 Å². The number of aromatic nitrogens is 1. The molecule has 2 rings (SSSR count). The Kier molecular flexibility index (Phi) is 5.01. The fraction of sp³-hybridized carbons (Fsp3) is 0.188. The zero-order chi connectivity index (χ0) is 18.2. The van der Waals surface area contributed by atoms with Gasteiger partial charge < -0.3 is 15.0 Å². The van der Waals surface area contributed by atoms with Crippen LogP contribution in [0.5, 0.6) is 0 Å². The van der Waals surface area contributed by atoms with Gasteiger partial charge in [-0.15, -0.1) is 0 Å². The Balaban J connectivity index is 2.45. The van der Waals surface area contributed by atoms with Crippen LogP contribution in [0.1, 0.15) is 32.1 Å². The number of carboxylic acid groups (broad SMARTS) is 1. The fourth-order valence-corrected chi connectivity index (χ4v) is 3.08. The molecule has 0 saturated heterocycles. The molecule has 2 N–H and O–H groups in total. The SMILES string of the molecule is Cc1c(C(=O)Nc2cc(Cl)cc(Cl)c2)c(C)n(C)c1C(=O)C(=O)O. The van der Waals surface area contributed by atoms with Gasteiger partial charge in [0.15, 0.2) is 0 Å². The van der Waals surface area contributed by atoms with E-state index >= 15 is 0 Å². The predicted molar refractivity (Wildman–Crippen MR) is 91.3 cm³/mol. The largest absolute Gasteiger partial charge is 0.475 e. The summed E-state index contributed by atoms with van der Waals surface area (Å²) in [7, 11) is 1.53. The molecule has 0 aliphatic heterocycles. The van der Waals surface area contributed by atoms with E-state index in [1.807, 2.05) is 0 Å². The lowest BCUT2D eigenvalue weighted by Gasteiger charge is -2.07. The highest BCUT2D eigenvalue weighted by Gasteiger charge is 2.28. The number of hydrogen-bond donors (Lipinski definition) is 2. The normalized spacial score (nSPS) is 10.5. The number of anilines is 1. The van der Waals surface area contributed by atoms with Crippen LogP contribution in [0, 0.1) is 13.8 Å². The van der Waals surface area contributed by atoms with Crippen LogP contribution in [-0.4, -0.2) is 27.3 Å². The van der Waals surface area contributed by atoms with Gasteiger partial charge in [-0.05, 0) is 37.6 Å². The molecule has 2 aromatic rings. The van der Waals surface area contributed by atoms with Crippen molar-refractivity contribution in [3.05, 3.63) is 50.8 Å². The van der Waals surface area contributed by atoms with Gasteiger partial charge >= 0.3 is 5.97 Å². The van der Waals surface area contributed by atoms with Crippen molar-refractivity contribution in [2.24, 2.45) is 7.05 Å². The second-order valence-corrected chi connectivity index (χ2v) is 6.11. The molecule has 0 aliphatic rings. The number of hydrogen-bond acceptors (Lipinski definition) is 3. The lowest BCUT2D eigenvalue weighted by atomic mass is 10.1. The van der Waals surface area contributed by atoms with Gasteiger partial charge in [0.25, 0.3) is 11.7 Å². The molecule has 8 heteroatoms. The zero-order valence-electron chi connectivity index (χ0n) is 13.1. The summed E-state index contributed by atoms with van der Waals surface area (Å²) in [6.45, 7) is 3.16. The number of carbonyl (C=O) groups excluding carboxylic acids is 2. The number of halogens is 2. The molecule has 1 aromatic heterocycles. The molecule has 0 aliphatic carbocycles. The maximum atomic E-state index is 12.6. The van der Waals surface area contributed by atoms with Crippen LogP contribution in [0.4, 0.5) is 5.69 Å². The van der Waals surface area contributed by atoms with Crippen LogP contribution in [0.25, 0.3) is 0 Å². The van der Waals surface area contributed by atoms with E-state index in [2.05, 4.69) is 5.32 Å². The van der Waals surface area contributed by atoms with E-state index in [0.29, 0.717) is 27.0 Å². The molecule has 6 nitrogen and oxygen atoms in total. The molecule has 0 bridgehead atoms. The summed E-state index contributed by atoms with van der Waals surface area (Å²) >= 11 is 11.8. The molecule has 24 heavy (non-hydrogen) atoms. The lowest BCUT2D eigenvalue weighted by molar-refractivity contribution is -0.131. The molecular formula is C16H14Cl2N2O4. The number of nitrogens with one attached hydrogen (secondary N) is 1. The van der Waals surface area contributed by atoms with E-state index in [0.717, 1.165) is 0 Å². The maximum Gasteiger partial charge on any atom is 0.378 e. The molecule has 1 aromatic carbocycles. The zero-order valence-corrected chi connectivity index (χ0v) is 14.6. The van der Waals surface area contributed by atoms with Crippen molar-refractivity contribution >= 4 is 46.5 Å². The molecule has 0 spiro atoms. The quantitative estimate of drug-likeness (QED) is 0.638. The third-order valence-electron chi connectivity index (χ3n) is 3.69. The second-order valence-electron chi connectivity index (χ2n) is 5.24. The number of carbonyl (C=O) groups is 3. The van der Waals surface area contributed by atoms with Gasteiger partial charge in [0, 0.05) is 28.5 Å². The van der Waals surface area contributed by atoms with Crippen molar-refractivity contribution in [2.45, 2.75) is 13.8 Å². The van der Waals surface area contributed by atoms with Gasteiger partial charge in [0.1, 0.15) is 5.69 Å². The van der Waals surface area contributed by atoms with Crippen LogP contribution in [0.2, 0.25) is 10.0 Å². The lowest BCUT2D eigenvalue weighted by Crippen LogP contribution is -2.17. The van der Waals surface area contributed by atoms with E-state index in [4.69, 9.17) is 28.3 Å². The Labute approximate surface area is 148 Å². The molecule has 0 radical (unpaired) electrons. The smallest absolute Gasteiger partial charge is 0.378 e. The van der Waals surface area contributed by atoms with Crippen LogP contribution < -0.4 is 5.32 Å². The third-order valence-corrected chi connectivity index (χ3v) is 4.12. The Bertz CT molecular complexity index is 851. The first-order chi connectivity index (χ1) is 11.1. The van der Waals surface area contributed by atoms with Crippen LogP contribution in [0.15, 0.2) is 18.2 Å². The van der Waals surface area contributed by atoms with Crippen LogP contribution >= 0.6 is 23.2 Å². The first-order valence-electron chi connectivity index (χ1n) is 6.84. The summed E-state index contributed by atoms with van der Waals surface area (Å²) in [5, 5.41) is 12.3. The van der Waals surface area contributed by atoms with Crippen molar-refractivity contribution in [1.29, 1.82) is 0 Å². The number of ketones is 1. The van der Waals surface area contributed by atoms with E-state index in [9.17, 15) is 14.4 Å². The van der Waals surface area contributed by atoms with Gasteiger partial charge in [0.2, 0.25) is 0 Å². The molecule has 0 unspecified atom stereocenters. The number of benzene rings is 1. The molecule has 0 saturated carbocycles. The Hall–Kier alpha value is -2.31. The highest BCUT2D eigenvalue weighted by molar-refractivity contribution is 6.40. The number of nitrogens with zero attached hydrogens (tertiary/aromatic N) is 1. The summed E-state index contributed by atoms with van der Waals surface area (Å²) in [6, 6.07) is 4.59. The molecule has 1 heterocycles. The van der Waals surface area contributed by atoms with E-state index in [1.165, 1.54) is 36.7 Å². The summed E-state index contributed by atoms with van der Waals surface area (Å²) in [5.41, 5.74) is 1.37. The van der Waals surface area contributed by atoms with Crippen LogP contribution in [-0.2, 0) is 11.8 Å². The third kappa shape index (κ3) is 3.29. The number of Topliss-reactive ketones (excluding diaryl/α,β-unsaturated/α-hetero) is 1. The molecule has 126 valence electrons. The minimum absolute atomic E-state index is 0.0331. The summed E-state index contributed by atoms with van der Waals surface area (Å²) in [4.78, 5) is 35.4. The minimum Gasteiger partial charge on any atom is -0.475 e. The van der Waals surface area contributed by atoms with Crippen molar-refractivity contribution in [3.8, 4) is 0 Å². The summed E-state index contributed by atoms with van der Waals surface area (Å²) in [6.07, 6.45) is 0. The van der Waals surface area contributed by atoms with Gasteiger partial charge in [0.05, 0.1) is 5.56 Å². The highest BCUT2D eigenvalue weighted by Crippen LogP contribution is 2.26. The van der Waals surface area contributed by atoms with Crippen molar-refractivity contribution in [3.63, 3.8) is 0 Å². The predicted octanol–water partition coefficient (Wildman–Crippen LogP) is 3.47. The molecule has 1 amide bonds. The first kappa shape index (κ1) is 18.0. The molecule has 0 atom stereocenters. The van der Waals surface area contributed by atoms with Gasteiger partial charge in [-0.1, -0.05) is 23.2 Å². The average molecular weight is 369 g/mol. The standard InChI is InChI=1S/C16H14Cl2N2O4/c1-7-12(8(2)20(3)13(7)14(21)16(23)24)15(22)19-11-5-9(17)4-10(18)6-11/h4-6H,1-3H3,(H,19,22)(H,23,24). The van der Waals surface area contributed by atoms with Gasteiger partial charge in [-0.2, -0.15) is 0 Å². The number of amides is 1. The Morgan fingerprint density at radius 1 is 1.08 bits per heavy atom.